The fourth-order valence-corrected chi connectivity index (χ4v) is 1.59. The molecule has 16 heavy (non-hydrogen) atoms. The SMILES string of the molecule is CC(CCN)CCC(=O)c1cccnc1N. The Bertz CT molecular complexity index is 352. The maximum Gasteiger partial charge on any atom is 0.166 e. The van der Waals surface area contributed by atoms with Crippen LogP contribution in [-0.4, -0.2) is 17.3 Å². The van der Waals surface area contributed by atoms with E-state index in [1.165, 1.54) is 0 Å². The number of hydrogen-bond donors (Lipinski definition) is 2. The van der Waals surface area contributed by atoms with E-state index in [4.69, 9.17) is 11.5 Å². The number of hydrogen-bond acceptors (Lipinski definition) is 4. The number of aromatic nitrogens is 1. The van der Waals surface area contributed by atoms with E-state index in [0.717, 1.165) is 12.8 Å². The monoisotopic (exact) mass is 221 g/mol. The van der Waals surface area contributed by atoms with Crippen LogP contribution < -0.4 is 11.5 Å². The topological polar surface area (TPSA) is 82.0 Å². The Morgan fingerprint density at radius 1 is 1.50 bits per heavy atom. The molecule has 0 bridgehead atoms. The quantitative estimate of drug-likeness (QED) is 0.715. The van der Waals surface area contributed by atoms with Gasteiger partial charge in [0.1, 0.15) is 5.82 Å². The minimum absolute atomic E-state index is 0.0643. The maximum absolute atomic E-state index is 11.8. The third-order valence-electron chi connectivity index (χ3n) is 2.66. The minimum Gasteiger partial charge on any atom is -0.383 e. The van der Waals surface area contributed by atoms with Crippen molar-refractivity contribution in [1.82, 2.24) is 4.98 Å². The summed E-state index contributed by atoms with van der Waals surface area (Å²) in [5.74, 6) is 0.861. The highest BCUT2D eigenvalue weighted by Gasteiger charge is 2.11. The van der Waals surface area contributed by atoms with Crippen molar-refractivity contribution in [3.05, 3.63) is 23.9 Å². The summed E-state index contributed by atoms with van der Waals surface area (Å²) in [6.07, 6.45) is 3.90. The molecule has 1 atom stereocenters. The number of pyridine rings is 1. The zero-order valence-corrected chi connectivity index (χ0v) is 9.65. The Labute approximate surface area is 96.0 Å². The van der Waals surface area contributed by atoms with Crippen LogP contribution in [0.15, 0.2) is 18.3 Å². The van der Waals surface area contributed by atoms with Gasteiger partial charge < -0.3 is 11.5 Å². The van der Waals surface area contributed by atoms with E-state index >= 15 is 0 Å². The molecule has 0 saturated carbocycles. The first-order chi connectivity index (χ1) is 7.65. The summed E-state index contributed by atoms with van der Waals surface area (Å²) < 4.78 is 0. The fourth-order valence-electron chi connectivity index (χ4n) is 1.59. The summed E-state index contributed by atoms with van der Waals surface area (Å²) >= 11 is 0. The van der Waals surface area contributed by atoms with Crippen molar-refractivity contribution in [3.8, 4) is 0 Å². The lowest BCUT2D eigenvalue weighted by molar-refractivity contribution is 0.0974. The van der Waals surface area contributed by atoms with Crippen LogP contribution in [0, 0.1) is 5.92 Å². The average Bonchev–Trinajstić information content (AvgIpc) is 2.27. The number of nitrogens with two attached hydrogens (primary N) is 2. The molecule has 0 spiro atoms. The Hall–Kier alpha value is -1.42. The van der Waals surface area contributed by atoms with Crippen LogP contribution in [0.4, 0.5) is 5.82 Å². The van der Waals surface area contributed by atoms with Crippen molar-refractivity contribution in [2.45, 2.75) is 26.2 Å². The highest BCUT2D eigenvalue weighted by Crippen LogP contribution is 2.15. The van der Waals surface area contributed by atoms with E-state index in [9.17, 15) is 4.79 Å². The Morgan fingerprint density at radius 2 is 2.25 bits per heavy atom. The van der Waals surface area contributed by atoms with Crippen LogP contribution in [0.25, 0.3) is 0 Å². The number of carbonyl (C=O) groups is 1. The molecule has 0 fully saturated rings. The number of nitrogen functional groups attached to an aromatic ring is 1. The Morgan fingerprint density at radius 3 is 2.88 bits per heavy atom. The summed E-state index contributed by atoms with van der Waals surface area (Å²) in [5, 5.41) is 0. The van der Waals surface area contributed by atoms with Gasteiger partial charge in [-0.05, 0) is 37.4 Å². The molecule has 0 radical (unpaired) electrons. The van der Waals surface area contributed by atoms with Gasteiger partial charge in [0, 0.05) is 12.6 Å². The van der Waals surface area contributed by atoms with Crippen molar-refractivity contribution >= 4 is 11.6 Å². The molecule has 1 unspecified atom stereocenters. The smallest absolute Gasteiger partial charge is 0.166 e. The third kappa shape index (κ3) is 3.62. The molecule has 4 nitrogen and oxygen atoms in total. The average molecular weight is 221 g/mol. The van der Waals surface area contributed by atoms with E-state index in [0.29, 0.717) is 30.3 Å². The van der Waals surface area contributed by atoms with Gasteiger partial charge in [-0.25, -0.2) is 4.98 Å². The molecule has 4 heteroatoms. The molecule has 0 aliphatic rings. The largest absolute Gasteiger partial charge is 0.383 e. The number of ketones is 1. The van der Waals surface area contributed by atoms with Crippen LogP contribution in [0.1, 0.15) is 36.5 Å². The molecule has 0 aliphatic heterocycles. The number of Topliss-reactive ketones (excluding diaryl/α,β-unsaturated/α-hetero) is 1. The summed E-state index contributed by atoms with van der Waals surface area (Å²) in [6.45, 7) is 2.77. The molecule has 0 amide bonds. The van der Waals surface area contributed by atoms with Crippen LogP contribution in [0.2, 0.25) is 0 Å². The second-order valence-electron chi connectivity index (χ2n) is 4.08. The lowest BCUT2D eigenvalue weighted by atomic mass is 9.98. The molecular weight excluding hydrogens is 202 g/mol. The Kier molecular flexibility index (Phi) is 4.92. The summed E-state index contributed by atoms with van der Waals surface area (Å²) in [6, 6.07) is 3.45. The lowest BCUT2D eigenvalue weighted by Gasteiger charge is -2.09. The van der Waals surface area contributed by atoms with Gasteiger partial charge in [-0.15, -0.1) is 0 Å². The van der Waals surface area contributed by atoms with Crippen molar-refractivity contribution < 1.29 is 4.79 Å². The maximum atomic E-state index is 11.8. The van der Waals surface area contributed by atoms with E-state index in [2.05, 4.69) is 11.9 Å². The molecule has 1 rings (SSSR count). The van der Waals surface area contributed by atoms with Crippen LogP contribution in [0.5, 0.6) is 0 Å². The van der Waals surface area contributed by atoms with E-state index in [-0.39, 0.29) is 5.78 Å². The van der Waals surface area contributed by atoms with E-state index in [1.54, 1.807) is 18.3 Å². The minimum atomic E-state index is 0.0643. The summed E-state index contributed by atoms with van der Waals surface area (Å²) in [4.78, 5) is 15.7. The van der Waals surface area contributed by atoms with Crippen LogP contribution in [-0.2, 0) is 0 Å². The first-order valence-corrected chi connectivity index (χ1v) is 5.59. The third-order valence-corrected chi connectivity index (χ3v) is 2.66. The van der Waals surface area contributed by atoms with Gasteiger partial charge >= 0.3 is 0 Å². The van der Waals surface area contributed by atoms with Crippen LogP contribution >= 0.6 is 0 Å². The van der Waals surface area contributed by atoms with Crippen molar-refractivity contribution in [1.29, 1.82) is 0 Å². The first-order valence-electron chi connectivity index (χ1n) is 5.59. The van der Waals surface area contributed by atoms with Crippen molar-refractivity contribution in [2.24, 2.45) is 11.7 Å². The lowest BCUT2D eigenvalue weighted by Crippen LogP contribution is -2.09. The molecule has 1 aromatic rings. The standard InChI is InChI=1S/C12H19N3O/c1-9(6-7-13)4-5-11(16)10-3-2-8-15-12(10)14/h2-3,8-9H,4-7,13H2,1H3,(H2,14,15). The fraction of sp³-hybridized carbons (Fsp3) is 0.500. The van der Waals surface area contributed by atoms with Gasteiger partial charge in [0.2, 0.25) is 0 Å². The van der Waals surface area contributed by atoms with E-state index in [1.807, 2.05) is 0 Å². The molecule has 0 aromatic carbocycles. The first kappa shape index (κ1) is 12.6. The predicted molar refractivity (Wildman–Crippen MR) is 65.0 cm³/mol. The van der Waals surface area contributed by atoms with Crippen LogP contribution in [0.3, 0.4) is 0 Å². The van der Waals surface area contributed by atoms with Gasteiger partial charge in [0.25, 0.3) is 0 Å². The van der Waals surface area contributed by atoms with E-state index < -0.39 is 0 Å². The second kappa shape index (κ2) is 6.23. The normalized spacial score (nSPS) is 12.4. The zero-order chi connectivity index (χ0) is 12.0. The number of carbonyl (C=O) groups excluding carboxylic acids is 1. The molecular formula is C12H19N3O. The number of anilines is 1. The predicted octanol–water partition coefficient (Wildman–Crippen LogP) is 1.61. The second-order valence-corrected chi connectivity index (χ2v) is 4.08. The zero-order valence-electron chi connectivity index (χ0n) is 9.65. The van der Waals surface area contributed by atoms with Gasteiger partial charge in [-0.3, -0.25) is 4.79 Å². The summed E-state index contributed by atoms with van der Waals surface area (Å²) in [7, 11) is 0. The van der Waals surface area contributed by atoms with Gasteiger partial charge in [0.15, 0.2) is 5.78 Å². The highest BCUT2D eigenvalue weighted by atomic mass is 16.1. The van der Waals surface area contributed by atoms with Gasteiger partial charge in [-0.1, -0.05) is 6.92 Å². The summed E-state index contributed by atoms with van der Waals surface area (Å²) in [5.41, 5.74) is 11.6. The van der Waals surface area contributed by atoms with Gasteiger partial charge in [0.05, 0.1) is 5.56 Å². The van der Waals surface area contributed by atoms with Gasteiger partial charge in [-0.2, -0.15) is 0 Å². The molecule has 1 heterocycles. The molecule has 0 saturated heterocycles. The molecule has 4 N–H and O–H groups in total. The number of nitrogens with zero attached hydrogens (tertiary/aromatic N) is 1. The molecule has 0 aliphatic carbocycles. The Balaban J connectivity index is 2.50. The molecule has 1 aromatic heterocycles. The molecule has 88 valence electrons. The highest BCUT2D eigenvalue weighted by molar-refractivity contribution is 5.99. The number of rotatable bonds is 6. The van der Waals surface area contributed by atoms with Crippen molar-refractivity contribution in [3.63, 3.8) is 0 Å². The van der Waals surface area contributed by atoms with Crippen molar-refractivity contribution in [2.75, 3.05) is 12.3 Å².